The Morgan fingerprint density at radius 1 is 0.552 bits per heavy atom. The molecule has 0 bridgehead atoms. The van der Waals surface area contributed by atoms with Gasteiger partial charge in [-0.05, 0) is 83.5 Å². The predicted molar refractivity (Wildman–Crippen MR) is 262 cm³/mol. The minimum Gasteiger partial charge on any atom is -0.394 e. The first-order valence-corrected chi connectivity index (χ1v) is 25.0. The highest BCUT2D eigenvalue weighted by Crippen LogP contribution is 2.30. The van der Waals surface area contributed by atoms with E-state index in [-0.39, 0.29) is 18.9 Å². The topological polar surface area (TPSA) is 228 Å². The van der Waals surface area contributed by atoms with Crippen LogP contribution < -0.4 is 5.32 Å². The Bertz CT molecular complexity index is 1490. The zero-order chi connectivity index (χ0) is 48.9. The molecule has 14 nitrogen and oxygen atoms in total. The lowest BCUT2D eigenvalue weighted by Crippen LogP contribution is -2.65. The van der Waals surface area contributed by atoms with Gasteiger partial charge in [0, 0.05) is 6.42 Å². The van der Waals surface area contributed by atoms with E-state index in [0.717, 1.165) is 57.8 Å². The molecule has 2 aliphatic heterocycles. The summed E-state index contributed by atoms with van der Waals surface area (Å²) in [6, 6.07) is -0.972. The highest BCUT2D eigenvalue weighted by molar-refractivity contribution is 5.76. The Morgan fingerprint density at radius 3 is 1.64 bits per heavy atom. The monoisotopic (exact) mass is 946 g/mol. The van der Waals surface area contributed by atoms with E-state index in [4.69, 9.17) is 18.9 Å². The molecule has 14 heteroatoms. The minimum absolute atomic E-state index is 0.186. The number of hydrogen-bond donors (Lipinski definition) is 9. The summed E-state index contributed by atoms with van der Waals surface area (Å²) in [5, 5.41) is 86.6. The summed E-state index contributed by atoms with van der Waals surface area (Å²) in [6.07, 6.45) is 34.5. The third-order valence-corrected chi connectivity index (χ3v) is 11.5. The van der Waals surface area contributed by atoms with Crippen molar-refractivity contribution in [2.24, 2.45) is 0 Å². The number of allylic oxidation sites excluding steroid dienone is 15. The summed E-state index contributed by atoms with van der Waals surface area (Å²) in [5.41, 5.74) is 0. The lowest BCUT2D eigenvalue weighted by Gasteiger charge is -2.46. The number of unbranched alkanes of at least 4 members (excludes halogenated alkanes) is 9. The summed E-state index contributed by atoms with van der Waals surface area (Å²) in [7, 11) is 0. The Balaban J connectivity index is 1.92. The van der Waals surface area contributed by atoms with Crippen molar-refractivity contribution in [2.45, 2.75) is 209 Å². The molecule has 12 atom stereocenters. The fourth-order valence-electron chi connectivity index (χ4n) is 7.41. The minimum atomic E-state index is -1.80. The van der Waals surface area contributed by atoms with E-state index in [0.29, 0.717) is 19.3 Å². The zero-order valence-corrected chi connectivity index (χ0v) is 40.3. The molecule has 0 aromatic heterocycles. The van der Waals surface area contributed by atoms with E-state index in [2.05, 4.69) is 98.2 Å². The number of ether oxygens (including phenoxy) is 4. The Hall–Kier alpha value is -3.09. The molecular weight excluding hydrogens is 859 g/mol. The van der Waals surface area contributed by atoms with Gasteiger partial charge in [0.15, 0.2) is 12.6 Å². The number of amides is 1. The van der Waals surface area contributed by atoms with Crippen LogP contribution in [0.4, 0.5) is 0 Å². The molecule has 1 amide bonds. The van der Waals surface area contributed by atoms with Crippen molar-refractivity contribution in [2.75, 3.05) is 19.8 Å². The molecule has 0 radical (unpaired) electrons. The third kappa shape index (κ3) is 25.9. The average Bonchev–Trinajstić information content (AvgIpc) is 3.32. The van der Waals surface area contributed by atoms with Gasteiger partial charge in [-0.2, -0.15) is 0 Å². The van der Waals surface area contributed by atoms with Crippen LogP contribution in [0.15, 0.2) is 97.2 Å². The second-order valence-corrected chi connectivity index (χ2v) is 17.2. The second-order valence-electron chi connectivity index (χ2n) is 17.2. The Morgan fingerprint density at radius 2 is 1.04 bits per heavy atom. The molecule has 2 heterocycles. The van der Waals surface area contributed by atoms with Crippen molar-refractivity contribution in [3.8, 4) is 0 Å². The number of rotatable bonds is 36. The molecule has 9 N–H and O–H groups in total. The molecule has 0 saturated carbocycles. The quantitative estimate of drug-likeness (QED) is 0.0246. The van der Waals surface area contributed by atoms with Crippen LogP contribution in [-0.4, -0.2) is 140 Å². The lowest BCUT2D eigenvalue weighted by atomic mass is 9.97. The molecular formula is C53H87NO13. The maximum Gasteiger partial charge on any atom is 0.220 e. The number of hydrogen-bond acceptors (Lipinski definition) is 13. The second kappa shape index (κ2) is 38.7. The first kappa shape index (κ1) is 60.0. The van der Waals surface area contributed by atoms with Crippen LogP contribution in [0.2, 0.25) is 0 Å². The standard InChI is InChI=1S/C53H87NO13/c1-3-5-7-9-11-13-15-17-19-21-23-25-27-29-31-33-35-37-45(58)54-41(42(57)36-34-32-30-28-26-24-22-20-18-16-14-12-10-8-6-4-2)40-64-52-50(63)48(61)51(44(39-56)66-52)67-53-49(62)47(60)46(59)43(38-55)65-53/h5,7,11,13,17-20,23,25-26,28-29,31,34,36,41-44,46-53,55-57,59-63H,3-4,6,8-10,12,14-16,21-22,24,27,30,32-33,35,37-40H2,1-2H3,(H,54,58)/b7-5-,13-11-,19-17-,20-18+,25-23-,28-26+,31-29-,36-34+. The molecule has 0 aromatic carbocycles. The number of aliphatic hydroxyl groups is 8. The smallest absolute Gasteiger partial charge is 0.220 e. The van der Waals surface area contributed by atoms with Crippen LogP contribution >= 0.6 is 0 Å². The van der Waals surface area contributed by atoms with Gasteiger partial charge in [0.1, 0.15) is 48.8 Å². The molecule has 0 spiro atoms. The summed E-state index contributed by atoms with van der Waals surface area (Å²) < 4.78 is 22.6. The maximum atomic E-state index is 13.1. The number of carbonyl (C=O) groups is 1. The van der Waals surface area contributed by atoms with Crippen molar-refractivity contribution >= 4 is 5.91 Å². The van der Waals surface area contributed by atoms with Crippen molar-refractivity contribution < 1.29 is 64.6 Å². The van der Waals surface area contributed by atoms with E-state index in [1.54, 1.807) is 6.08 Å². The zero-order valence-electron chi connectivity index (χ0n) is 40.3. The van der Waals surface area contributed by atoms with Gasteiger partial charge in [-0.15, -0.1) is 0 Å². The van der Waals surface area contributed by atoms with E-state index < -0.39 is 86.8 Å². The summed E-state index contributed by atoms with van der Waals surface area (Å²) >= 11 is 0. The van der Waals surface area contributed by atoms with E-state index in [1.807, 2.05) is 12.2 Å². The first-order chi connectivity index (χ1) is 32.6. The van der Waals surface area contributed by atoms with E-state index in [9.17, 15) is 45.6 Å². The van der Waals surface area contributed by atoms with Gasteiger partial charge in [0.2, 0.25) is 5.91 Å². The van der Waals surface area contributed by atoms with Crippen molar-refractivity contribution in [1.29, 1.82) is 0 Å². The first-order valence-electron chi connectivity index (χ1n) is 25.0. The number of nitrogens with one attached hydrogen (secondary N) is 1. The molecule has 2 fully saturated rings. The highest BCUT2D eigenvalue weighted by atomic mass is 16.7. The van der Waals surface area contributed by atoms with Gasteiger partial charge < -0.3 is 65.1 Å². The van der Waals surface area contributed by atoms with E-state index >= 15 is 0 Å². The number of aliphatic hydroxyl groups excluding tert-OH is 8. The largest absolute Gasteiger partial charge is 0.394 e. The summed E-state index contributed by atoms with van der Waals surface area (Å²) in [6.45, 7) is 2.56. The average molecular weight is 946 g/mol. The fourth-order valence-corrected chi connectivity index (χ4v) is 7.41. The van der Waals surface area contributed by atoms with Gasteiger partial charge in [0.25, 0.3) is 0 Å². The molecule has 2 aliphatic rings. The van der Waals surface area contributed by atoms with Gasteiger partial charge in [-0.3, -0.25) is 4.79 Å². The van der Waals surface area contributed by atoms with Crippen LogP contribution in [0.1, 0.15) is 136 Å². The Labute approximate surface area is 401 Å². The summed E-state index contributed by atoms with van der Waals surface area (Å²) in [4.78, 5) is 13.1. The summed E-state index contributed by atoms with van der Waals surface area (Å²) in [5.74, 6) is -0.316. The molecule has 12 unspecified atom stereocenters. The Kier molecular flexibility index (Phi) is 34.7. The van der Waals surface area contributed by atoms with Crippen molar-refractivity contribution in [3.63, 3.8) is 0 Å². The molecule has 0 aliphatic carbocycles. The molecule has 382 valence electrons. The molecule has 0 aromatic rings. The van der Waals surface area contributed by atoms with Crippen LogP contribution in [0.5, 0.6) is 0 Å². The number of carbonyl (C=O) groups excluding carboxylic acids is 1. The molecule has 2 saturated heterocycles. The highest BCUT2D eigenvalue weighted by Gasteiger charge is 2.51. The van der Waals surface area contributed by atoms with Crippen LogP contribution in [0.25, 0.3) is 0 Å². The van der Waals surface area contributed by atoms with E-state index in [1.165, 1.54) is 38.5 Å². The fraction of sp³-hybridized carbons (Fsp3) is 0.679. The van der Waals surface area contributed by atoms with Gasteiger partial charge in [-0.1, -0.05) is 143 Å². The van der Waals surface area contributed by atoms with Crippen LogP contribution in [0.3, 0.4) is 0 Å². The molecule has 67 heavy (non-hydrogen) atoms. The predicted octanol–water partition coefficient (Wildman–Crippen LogP) is 6.37. The van der Waals surface area contributed by atoms with Crippen molar-refractivity contribution in [1.82, 2.24) is 5.32 Å². The molecule has 2 rings (SSSR count). The SMILES string of the molecule is CC/C=C\C/C=C\C/C=C\C/C=C\C/C=C\CCCC(=O)NC(COC1OC(CO)C(OC2OC(CO)C(O)C(O)C2O)C(O)C1O)C(O)/C=C/CC/C=C/CC/C=C/CCCCCCCC. The van der Waals surface area contributed by atoms with Crippen LogP contribution in [-0.2, 0) is 23.7 Å². The van der Waals surface area contributed by atoms with Gasteiger partial charge in [0.05, 0.1) is 32.0 Å². The third-order valence-electron chi connectivity index (χ3n) is 11.5. The van der Waals surface area contributed by atoms with Gasteiger partial charge in [-0.25, -0.2) is 0 Å². The van der Waals surface area contributed by atoms with Gasteiger partial charge >= 0.3 is 0 Å². The van der Waals surface area contributed by atoms with Crippen molar-refractivity contribution in [3.05, 3.63) is 97.2 Å². The maximum absolute atomic E-state index is 13.1. The van der Waals surface area contributed by atoms with Crippen LogP contribution in [0, 0.1) is 0 Å². The normalized spacial score (nSPS) is 27.4. The lowest BCUT2D eigenvalue weighted by molar-refractivity contribution is -0.359.